The zero-order valence-electron chi connectivity index (χ0n) is 14.6. The van der Waals surface area contributed by atoms with Gasteiger partial charge in [-0.1, -0.05) is 13.8 Å². The van der Waals surface area contributed by atoms with Gasteiger partial charge in [-0.15, -0.1) is 0 Å². The molecule has 0 aliphatic heterocycles. The van der Waals surface area contributed by atoms with E-state index in [2.05, 4.69) is 17.2 Å². The lowest BCUT2D eigenvalue weighted by molar-refractivity contribution is -0.142. The van der Waals surface area contributed by atoms with Gasteiger partial charge in [0.1, 0.15) is 5.60 Å². The van der Waals surface area contributed by atoms with Crippen molar-refractivity contribution in [3.8, 4) is 5.88 Å². The second kappa shape index (κ2) is 7.77. The molecule has 0 saturated heterocycles. The summed E-state index contributed by atoms with van der Waals surface area (Å²) < 4.78 is 11.4. The number of aromatic nitrogens is 1. The number of amides is 1. The molecule has 1 unspecified atom stereocenters. The summed E-state index contributed by atoms with van der Waals surface area (Å²) in [6, 6.07) is 3.64. The van der Waals surface area contributed by atoms with Crippen LogP contribution in [0.5, 0.6) is 5.88 Å². The van der Waals surface area contributed by atoms with Crippen molar-refractivity contribution >= 4 is 11.6 Å². The van der Waals surface area contributed by atoms with Gasteiger partial charge in [0, 0.05) is 12.7 Å². The highest BCUT2D eigenvalue weighted by Gasteiger charge is 2.48. The summed E-state index contributed by atoms with van der Waals surface area (Å²) in [7, 11) is 0. The lowest BCUT2D eigenvalue weighted by Gasteiger charge is -2.29. The second-order valence-electron chi connectivity index (χ2n) is 6.31. The molecule has 1 fully saturated rings. The zero-order chi connectivity index (χ0) is 16.9. The molecule has 1 aliphatic carbocycles. The van der Waals surface area contributed by atoms with Gasteiger partial charge < -0.3 is 14.8 Å². The Morgan fingerprint density at radius 1 is 1.30 bits per heavy atom. The quantitative estimate of drug-likeness (QED) is 0.753. The van der Waals surface area contributed by atoms with Crippen LogP contribution in [0.2, 0.25) is 0 Å². The Balaban J connectivity index is 2.06. The summed E-state index contributed by atoms with van der Waals surface area (Å²) in [4.78, 5) is 17.1. The highest BCUT2D eigenvalue weighted by molar-refractivity contribution is 5.98. The molecular weight excluding hydrogens is 292 g/mol. The molecule has 0 radical (unpaired) electrons. The number of nitrogens with zero attached hydrogens (tertiary/aromatic N) is 1. The van der Waals surface area contributed by atoms with Crippen LogP contribution in [0.1, 0.15) is 52.1 Å². The molecule has 1 atom stereocenters. The molecule has 2 rings (SSSR count). The fraction of sp³-hybridized carbons (Fsp3) is 0.667. The number of pyridine rings is 1. The van der Waals surface area contributed by atoms with Crippen LogP contribution in [-0.2, 0) is 9.53 Å². The van der Waals surface area contributed by atoms with E-state index in [1.165, 1.54) is 0 Å². The maximum Gasteiger partial charge on any atom is 0.256 e. The van der Waals surface area contributed by atoms with E-state index in [-0.39, 0.29) is 5.91 Å². The van der Waals surface area contributed by atoms with Crippen LogP contribution in [-0.4, -0.2) is 29.7 Å². The first-order valence-electron chi connectivity index (χ1n) is 8.57. The number of aryl methyl sites for hydroxylation is 1. The number of nitrogens with one attached hydrogen (secondary N) is 1. The van der Waals surface area contributed by atoms with Gasteiger partial charge in [0.2, 0.25) is 5.88 Å². The smallest absolute Gasteiger partial charge is 0.256 e. The summed E-state index contributed by atoms with van der Waals surface area (Å²) in [6.45, 7) is 9.11. The highest BCUT2D eigenvalue weighted by Crippen LogP contribution is 2.42. The molecule has 1 amide bonds. The van der Waals surface area contributed by atoms with Gasteiger partial charge in [-0.25, -0.2) is 4.98 Å². The molecule has 128 valence electrons. The number of ether oxygens (including phenoxy) is 2. The van der Waals surface area contributed by atoms with Crippen molar-refractivity contribution in [3.63, 3.8) is 0 Å². The third kappa shape index (κ3) is 4.44. The number of carbonyl (C=O) groups excluding carboxylic acids is 1. The van der Waals surface area contributed by atoms with E-state index >= 15 is 0 Å². The van der Waals surface area contributed by atoms with Crippen molar-refractivity contribution in [2.75, 3.05) is 18.5 Å². The average Bonchev–Trinajstić information content (AvgIpc) is 3.38. The maximum absolute atomic E-state index is 12.7. The van der Waals surface area contributed by atoms with Crippen molar-refractivity contribution in [1.29, 1.82) is 0 Å². The molecule has 0 bridgehead atoms. The number of hydrogen-bond donors (Lipinski definition) is 1. The van der Waals surface area contributed by atoms with E-state index in [4.69, 9.17) is 9.47 Å². The Kier molecular flexibility index (Phi) is 5.99. The topological polar surface area (TPSA) is 60.5 Å². The Bertz CT molecular complexity index is 543. The third-order valence-corrected chi connectivity index (χ3v) is 4.18. The summed E-state index contributed by atoms with van der Waals surface area (Å²) in [6.07, 6.45) is 3.94. The third-order valence-electron chi connectivity index (χ3n) is 4.18. The van der Waals surface area contributed by atoms with Gasteiger partial charge in [0.25, 0.3) is 5.91 Å². The normalized spacial score (nSPS) is 16.7. The predicted octanol–water partition coefficient (Wildman–Crippen LogP) is 3.71. The van der Waals surface area contributed by atoms with E-state index in [0.717, 1.165) is 31.4 Å². The van der Waals surface area contributed by atoms with Gasteiger partial charge in [0.15, 0.2) is 0 Å². The van der Waals surface area contributed by atoms with Crippen LogP contribution in [0.3, 0.4) is 0 Å². The second-order valence-corrected chi connectivity index (χ2v) is 6.31. The fourth-order valence-electron chi connectivity index (χ4n) is 2.52. The number of carbonyl (C=O) groups is 1. The van der Waals surface area contributed by atoms with E-state index in [1.54, 1.807) is 6.07 Å². The maximum atomic E-state index is 12.7. The molecule has 1 aromatic rings. The van der Waals surface area contributed by atoms with Gasteiger partial charge in [0.05, 0.1) is 18.0 Å². The molecule has 0 spiro atoms. The fourth-order valence-corrected chi connectivity index (χ4v) is 2.52. The van der Waals surface area contributed by atoms with Crippen LogP contribution in [0.4, 0.5) is 5.69 Å². The minimum atomic E-state index is -0.750. The average molecular weight is 320 g/mol. The molecule has 5 nitrogen and oxygen atoms in total. The summed E-state index contributed by atoms with van der Waals surface area (Å²) in [5.74, 6) is 0.824. The molecule has 1 aliphatic rings. The summed E-state index contributed by atoms with van der Waals surface area (Å²) in [5.41, 5.74) is 0.714. The van der Waals surface area contributed by atoms with E-state index in [0.29, 0.717) is 30.7 Å². The Hall–Kier alpha value is -1.62. The summed E-state index contributed by atoms with van der Waals surface area (Å²) in [5, 5.41) is 2.98. The van der Waals surface area contributed by atoms with Gasteiger partial charge in [-0.2, -0.15) is 0 Å². The van der Waals surface area contributed by atoms with Gasteiger partial charge >= 0.3 is 0 Å². The highest BCUT2D eigenvalue weighted by atomic mass is 16.5. The van der Waals surface area contributed by atoms with Crippen molar-refractivity contribution in [2.45, 2.75) is 59.0 Å². The predicted molar refractivity (Wildman–Crippen MR) is 90.8 cm³/mol. The molecule has 23 heavy (non-hydrogen) atoms. The van der Waals surface area contributed by atoms with Crippen molar-refractivity contribution in [1.82, 2.24) is 4.98 Å². The first-order valence-corrected chi connectivity index (χ1v) is 8.57. The lowest BCUT2D eigenvalue weighted by atomic mass is 9.98. The van der Waals surface area contributed by atoms with Crippen molar-refractivity contribution in [3.05, 3.63) is 17.8 Å². The van der Waals surface area contributed by atoms with Crippen molar-refractivity contribution < 1.29 is 14.3 Å². The van der Waals surface area contributed by atoms with Crippen LogP contribution in [0.15, 0.2) is 12.1 Å². The number of anilines is 1. The first kappa shape index (κ1) is 17.7. The molecule has 1 heterocycles. The van der Waals surface area contributed by atoms with Crippen LogP contribution in [0.25, 0.3) is 0 Å². The SMILES string of the molecule is CCCOc1ccc(NC(=O)C(C)(OCCC)C2CC2)c(C)n1. The van der Waals surface area contributed by atoms with Crippen LogP contribution in [0, 0.1) is 12.8 Å². The van der Waals surface area contributed by atoms with Crippen LogP contribution >= 0.6 is 0 Å². The van der Waals surface area contributed by atoms with Gasteiger partial charge in [-0.3, -0.25) is 4.79 Å². The van der Waals surface area contributed by atoms with E-state index in [1.807, 2.05) is 26.8 Å². The van der Waals surface area contributed by atoms with E-state index < -0.39 is 5.60 Å². The van der Waals surface area contributed by atoms with Gasteiger partial charge in [-0.05, 0) is 51.5 Å². The minimum Gasteiger partial charge on any atom is -0.478 e. The summed E-state index contributed by atoms with van der Waals surface area (Å²) >= 11 is 0. The molecular formula is C18H28N2O3. The largest absolute Gasteiger partial charge is 0.478 e. The minimum absolute atomic E-state index is 0.0828. The first-order chi connectivity index (χ1) is 11.0. The van der Waals surface area contributed by atoms with Crippen molar-refractivity contribution in [2.24, 2.45) is 5.92 Å². The Labute approximate surface area is 138 Å². The number of rotatable bonds is 9. The van der Waals surface area contributed by atoms with Crippen LogP contribution < -0.4 is 10.1 Å². The molecule has 1 saturated carbocycles. The molecule has 5 heteroatoms. The molecule has 1 aromatic heterocycles. The number of hydrogen-bond acceptors (Lipinski definition) is 4. The monoisotopic (exact) mass is 320 g/mol. The lowest BCUT2D eigenvalue weighted by Crippen LogP contribution is -2.45. The molecule has 0 aromatic carbocycles. The zero-order valence-corrected chi connectivity index (χ0v) is 14.6. The molecule has 1 N–H and O–H groups in total. The standard InChI is InChI=1S/C18H28N2O3/c1-5-11-22-16-10-9-15(13(3)19-16)20-17(21)18(4,14-7-8-14)23-12-6-2/h9-10,14H,5-8,11-12H2,1-4H3,(H,20,21). The van der Waals surface area contributed by atoms with E-state index in [9.17, 15) is 4.79 Å². The Morgan fingerprint density at radius 3 is 2.57 bits per heavy atom. The Morgan fingerprint density at radius 2 is 2.00 bits per heavy atom.